The maximum atomic E-state index is 12.4. The van der Waals surface area contributed by atoms with Gasteiger partial charge in [-0.15, -0.1) is 0 Å². The van der Waals surface area contributed by atoms with Gasteiger partial charge in [0.05, 0.1) is 39.8 Å². The molecule has 1 atom stereocenters. The fraction of sp³-hybridized carbons (Fsp3) is 0.444. The normalized spacial score (nSPS) is 16.7. The van der Waals surface area contributed by atoms with E-state index in [1.165, 1.54) is 11.8 Å². The molecule has 2 aromatic rings. The van der Waals surface area contributed by atoms with Crippen molar-refractivity contribution in [3.05, 3.63) is 38.6 Å². The number of halogens is 3. The highest BCUT2D eigenvalue weighted by Gasteiger charge is 2.21. The van der Waals surface area contributed by atoms with Gasteiger partial charge < -0.3 is 14.6 Å². The van der Waals surface area contributed by atoms with Crippen molar-refractivity contribution in [2.45, 2.75) is 44.5 Å². The summed E-state index contributed by atoms with van der Waals surface area (Å²) in [5, 5.41) is 4.58. The lowest BCUT2D eigenvalue weighted by Crippen LogP contribution is -2.18. The maximum absolute atomic E-state index is 12.4. The Bertz CT molecular complexity index is 828. The zero-order valence-electron chi connectivity index (χ0n) is 15.0. The number of hydrogen-bond acceptors (Lipinski definition) is 4. The van der Waals surface area contributed by atoms with Gasteiger partial charge in [-0.1, -0.05) is 46.6 Å². The van der Waals surface area contributed by atoms with E-state index >= 15 is 0 Å². The van der Waals surface area contributed by atoms with Crippen molar-refractivity contribution in [2.75, 3.05) is 17.7 Å². The van der Waals surface area contributed by atoms with E-state index in [0.717, 1.165) is 42.5 Å². The van der Waals surface area contributed by atoms with E-state index in [-0.39, 0.29) is 17.8 Å². The number of imidazole rings is 1. The summed E-state index contributed by atoms with van der Waals surface area (Å²) in [4.78, 5) is 17.0. The molecule has 3 rings (SSSR count). The molecular weight excluding hydrogens is 429 g/mol. The predicted octanol–water partition coefficient (Wildman–Crippen LogP) is 5.37. The minimum absolute atomic E-state index is 0.191. The second-order valence-electron chi connectivity index (χ2n) is 6.39. The van der Waals surface area contributed by atoms with Crippen LogP contribution in [-0.2, 0) is 16.1 Å². The van der Waals surface area contributed by atoms with E-state index in [2.05, 4.69) is 14.9 Å². The predicted molar refractivity (Wildman–Crippen MR) is 112 cm³/mol. The molecule has 0 saturated carbocycles. The smallest absolute Gasteiger partial charge is 0.234 e. The van der Waals surface area contributed by atoms with Crippen LogP contribution in [0.2, 0.25) is 15.1 Å². The van der Waals surface area contributed by atoms with Crippen LogP contribution in [0.4, 0.5) is 5.69 Å². The summed E-state index contributed by atoms with van der Waals surface area (Å²) in [5.41, 5.74) is 2.42. The molecule has 1 amide bonds. The highest BCUT2D eigenvalue weighted by atomic mass is 35.5. The summed E-state index contributed by atoms with van der Waals surface area (Å²) in [6, 6.07) is 3.08. The van der Waals surface area contributed by atoms with Crippen molar-refractivity contribution < 1.29 is 9.53 Å². The number of aromatic nitrogens is 2. The highest BCUT2D eigenvalue weighted by molar-refractivity contribution is 7.99. The maximum Gasteiger partial charge on any atom is 0.234 e. The standard InChI is InChI=1S/C18H20Cl3N3O2S/c1-10-11(2)24(8-13-4-3-5-26-13)18(22-10)27-9-16(25)23-17-14(20)6-12(19)7-15(17)21/h6-7,13H,3-5,8-9H2,1-2H3,(H,23,25)/t13-/m1/s1. The van der Waals surface area contributed by atoms with Crippen LogP contribution in [0, 0.1) is 13.8 Å². The van der Waals surface area contributed by atoms with Crippen LogP contribution in [-0.4, -0.2) is 33.9 Å². The van der Waals surface area contributed by atoms with Crippen molar-refractivity contribution in [2.24, 2.45) is 0 Å². The summed E-state index contributed by atoms with van der Waals surface area (Å²) in [6.45, 7) is 5.57. The first-order valence-corrected chi connectivity index (χ1v) is 10.7. The number of rotatable bonds is 6. The fourth-order valence-corrected chi connectivity index (χ4v) is 4.72. The third kappa shape index (κ3) is 5.12. The van der Waals surface area contributed by atoms with Crippen molar-refractivity contribution in [1.82, 2.24) is 9.55 Å². The van der Waals surface area contributed by atoms with Gasteiger partial charge in [-0.2, -0.15) is 0 Å². The van der Waals surface area contributed by atoms with Crippen LogP contribution < -0.4 is 5.32 Å². The molecule has 0 radical (unpaired) electrons. The minimum atomic E-state index is -0.215. The Hall–Kier alpha value is -0.920. The number of amides is 1. The minimum Gasteiger partial charge on any atom is -0.376 e. The van der Waals surface area contributed by atoms with Gasteiger partial charge in [0.25, 0.3) is 0 Å². The van der Waals surface area contributed by atoms with E-state index in [1.807, 2.05) is 13.8 Å². The zero-order valence-corrected chi connectivity index (χ0v) is 18.1. The van der Waals surface area contributed by atoms with Gasteiger partial charge in [0.1, 0.15) is 0 Å². The number of ether oxygens (including phenoxy) is 1. The first-order valence-electron chi connectivity index (χ1n) is 8.57. The number of nitrogens with one attached hydrogen (secondary N) is 1. The topological polar surface area (TPSA) is 56.2 Å². The number of carbonyl (C=O) groups excluding carboxylic acids is 1. The molecule has 1 aliphatic rings. The number of hydrogen-bond donors (Lipinski definition) is 1. The first kappa shape index (κ1) is 20.8. The zero-order chi connectivity index (χ0) is 19.6. The third-order valence-electron chi connectivity index (χ3n) is 4.44. The number of anilines is 1. The second kappa shape index (κ2) is 9.05. The van der Waals surface area contributed by atoms with Crippen molar-refractivity contribution in [3.8, 4) is 0 Å². The second-order valence-corrected chi connectivity index (χ2v) is 8.59. The SMILES string of the molecule is Cc1nc(SCC(=O)Nc2c(Cl)cc(Cl)cc2Cl)n(C[C@H]2CCCO2)c1C. The summed E-state index contributed by atoms with van der Waals surface area (Å²) in [7, 11) is 0. The first-order chi connectivity index (χ1) is 12.8. The number of benzene rings is 1. The summed E-state index contributed by atoms with van der Waals surface area (Å²) >= 11 is 19.5. The van der Waals surface area contributed by atoms with Gasteiger partial charge >= 0.3 is 0 Å². The molecule has 146 valence electrons. The Morgan fingerprint density at radius 2 is 2.04 bits per heavy atom. The van der Waals surface area contributed by atoms with Crippen LogP contribution in [0.25, 0.3) is 0 Å². The van der Waals surface area contributed by atoms with Crippen LogP contribution in [0.3, 0.4) is 0 Å². The Labute approximate surface area is 177 Å². The van der Waals surface area contributed by atoms with Crippen LogP contribution in [0.5, 0.6) is 0 Å². The molecule has 1 N–H and O–H groups in total. The number of carbonyl (C=O) groups is 1. The molecule has 1 saturated heterocycles. The molecule has 27 heavy (non-hydrogen) atoms. The largest absolute Gasteiger partial charge is 0.376 e. The van der Waals surface area contributed by atoms with Gasteiger partial charge in [0.2, 0.25) is 5.91 Å². The number of nitrogens with zero attached hydrogens (tertiary/aromatic N) is 2. The monoisotopic (exact) mass is 447 g/mol. The van der Waals surface area contributed by atoms with Crippen molar-refractivity contribution in [3.63, 3.8) is 0 Å². The molecule has 0 unspecified atom stereocenters. The molecular formula is C18H20Cl3N3O2S. The molecule has 0 aliphatic carbocycles. The number of aryl methyl sites for hydroxylation is 1. The molecule has 1 aromatic carbocycles. The van der Waals surface area contributed by atoms with E-state index in [9.17, 15) is 4.79 Å². The third-order valence-corrected chi connectivity index (χ3v) is 6.23. The Morgan fingerprint density at radius 3 is 2.67 bits per heavy atom. The van der Waals surface area contributed by atoms with E-state index in [1.54, 1.807) is 12.1 Å². The van der Waals surface area contributed by atoms with E-state index in [0.29, 0.717) is 20.8 Å². The fourth-order valence-electron chi connectivity index (χ4n) is 2.91. The number of thioether (sulfide) groups is 1. The molecule has 0 spiro atoms. The van der Waals surface area contributed by atoms with Gasteiger partial charge in [0, 0.05) is 17.3 Å². The lowest BCUT2D eigenvalue weighted by molar-refractivity contribution is -0.113. The average molecular weight is 449 g/mol. The molecule has 1 aromatic heterocycles. The summed E-state index contributed by atoms with van der Waals surface area (Å²) in [6.07, 6.45) is 2.34. The Morgan fingerprint density at radius 1 is 1.33 bits per heavy atom. The lowest BCUT2D eigenvalue weighted by Gasteiger charge is -2.15. The molecule has 0 bridgehead atoms. The lowest BCUT2D eigenvalue weighted by atomic mass is 10.2. The average Bonchev–Trinajstić information content (AvgIpc) is 3.20. The van der Waals surface area contributed by atoms with Crippen molar-refractivity contribution >= 4 is 58.2 Å². The highest BCUT2D eigenvalue weighted by Crippen LogP contribution is 2.34. The van der Waals surface area contributed by atoms with E-state index in [4.69, 9.17) is 39.5 Å². The molecule has 5 nitrogen and oxygen atoms in total. The Balaban J connectivity index is 1.66. The van der Waals surface area contributed by atoms with Crippen LogP contribution in [0.15, 0.2) is 17.3 Å². The van der Waals surface area contributed by atoms with Crippen LogP contribution in [0.1, 0.15) is 24.2 Å². The molecule has 9 heteroatoms. The Kier molecular flexibility index (Phi) is 6.98. The molecule has 1 fully saturated rings. The molecule has 2 heterocycles. The quantitative estimate of drug-likeness (QED) is 0.604. The van der Waals surface area contributed by atoms with Crippen molar-refractivity contribution in [1.29, 1.82) is 0 Å². The van der Waals surface area contributed by atoms with Gasteiger partial charge in [-0.25, -0.2) is 4.98 Å². The van der Waals surface area contributed by atoms with E-state index < -0.39 is 0 Å². The summed E-state index contributed by atoms with van der Waals surface area (Å²) < 4.78 is 7.87. The summed E-state index contributed by atoms with van der Waals surface area (Å²) in [5.74, 6) is -0.0236. The van der Waals surface area contributed by atoms with Gasteiger partial charge in [0.15, 0.2) is 5.16 Å². The van der Waals surface area contributed by atoms with Crippen LogP contribution >= 0.6 is 46.6 Å². The van der Waals surface area contributed by atoms with Gasteiger partial charge in [-0.3, -0.25) is 4.79 Å². The molecule has 1 aliphatic heterocycles. The van der Waals surface area contributed by atoms with Gasteiger partial charge in [-0.05, 0) is 38.8 Å².